The van der Waals surface area contributed by atoms with Crippen molar-refractivity contribution in [3.05, 3.63) is 72.3 Å². The average molecular weight is 330 g/mol. The molecule has 0 spiro atoms. The van der Waals surface area contributed by atoms with Crippen LogP contribution in [0.5, 0.6) is 0 Å². The van der Waals surface area contributed by atoms with E-state index in [-0.39, 0.29) is 17.7 Å². The molecule has 2 N–H and O–H groups in total. The zero-order valence-electron chi connectivity index (χ0n) is 13.7. The van der Waals surface area contributed by atoms with Crippen LogP contribution in [0.3, 0.4) is 0 Å². The average Bonchev–Trinajstić information content (AvgIpc) is 3.47. The summed E-state index contributed by atoms with van der Waals surface area (Å²) >= 11 is 0. The first kappa shape index (κ1) is 15.4. The Labute approximate surface area is 145 Å². The van der Waals surface area contributed by atoms with Gasteiger partial charge in [0.05, 0.1) is 11.3 Å². The van der Waals surface area contributed by atoms with Crippen LogP contribution in [0.4, 0.5) is 11.4 Å². The number of carbonyl (C=O) groups excluding carboxylic acids is 2. The highest BCUT2D eigenvalue weighted by Gasteiger charge is 2.30. The zero-order chi connectivity index (χ0) is 17.2. The second kappa shape index (κ2) is 6.40. The van der Waals surface area contributed by atoms with Crippen LogP contribution in [0.15, 0.2) is 66.7 Å². The lowest BCUT2D eigenvalue weighted by molar-refractivity contribution is -0.117. The van der Waals surface area contributed by atoms with Gasteiger partial charge in [0.25, 0.3) is 5.91 Å². The van der Waals surface area contributed by atoms with E-state index < -0.39 is 0 Å². The molecule has 0 radical (unpaired) electrons. The van der Waals surface area contributed by atoms with E-state index in [1.54, 1.807) is 0 Å². The summed E-state index contributed by atoms with van der Waals surface area (Å²) in [6, 6.07) is 20.8. The molecular formula is C21H18N2O2. The standard InChI is InChI=1S/C21H18N2O2/c24-20(14-10-11-14)23-19-13-16-7-5-4-6-15(16)12-18(19)21(25)22-17-8-2-1-3-9-17/h1-9,12-14H,10-11H2,(H,22,25)(H,23,24). The molecule has 2 amide bonds. The molecule has 0 saturated heterocycles. The van der Waals surface area contributed by atoms with Crippen LogP contribution in [0.2, 0.25) is 0 Å². The van der Waals surface area contributed by atoms with Gasteiger partial charge in [0.2, 0.25) is 5.91 Å². The molecule has 0 heterocycles. The van der Waals surface area contributed by atoms with Crippen molar-refractivity contribution in [2.75, 3.05) is 10.6 Å². The number of fused-ring (bicyclic) bond motifs is 1. The largest absolute Gasteiger partial charge is 0.325 e. The molecule has 4 nitrogen and oxygen atoms in total. The molecule has 3 aromatic rings. The molecular weight excluding hydrogens is 312 g/mol. The van der Waals surface area contributed by atoms with Gasteiger partial charge in [0, 0.05) is 11.6 Å². The summed E-state index contributed by atoms with van der Waals surface area (Å²) in [6.45, 7) is 0. The van der Waals surface area contributed by atoms with E-state index in [9.17, 15) is 9.59 Å². The van der Waals surface area contributed by atoms with Gasteiger partial charge in [-0.05, 0) is 47.9 Å². The molecule has 3 aromatic carbocycles. The van der Waals surface area contributed by atoms with Crippen LogP contribution in [-0.2, 0) is 4.79 Å². The third-order valence-electron chi connectivity index (χ3n) is 4.37. The molecule has 1 fully saturated rings. The van der Waals surface area contributed by atoms with Gasteiger partial charge < -0.3 is 10.6 Å². The second-order valence-electron chi connectivity index (χ2n) is 6.33. The van der Waals surface area contributed by atoms with Gasteiger partial charge in [-0.25, -0.2) is 0 Å². The van der Waals surface area contributed by atoms with Crippen molar-refractivity contribution in [2.24, 2.45) is 5.92 Å². The number of rotatable bonds is 4. The van der Waals surface area contributed by atoms with Crippen LogP contribution in [0, 0.1) is 5.92 Å². The lowest BCUT2D eigenvalue weighted by atomic mass is 10.0. The molecule has 0 bridgehead atoms. The Bertz CT molecular complexity index is 947. The highest BCUT2D eigenvalue weighted by molar-refractivity contribution is 6.13. The fourth-order valence-electron chi connectivity index (χ4n) is 2.83. The van der Waals surface area contributed by atoms with Crippen molar-refractivity contribution in [1.29, 1.82) is 0 Å². The minimum atomic E-state index is -0.233. The Hall–Kier alpha value is -3.14. The lowest BCUT2D eigenvalue weighted by Crippen LogP contribution is -2.19. The summed E-state index contributed by atoms with van der Waals surface area (Å²) in [6.07, 6.45) is 1.84. The van der Waals surface area contributed by atoms with E-state index in [0.717, 1.165) is 29.3 Å². The second-order valence-corrected chi connectivity index (χ2v) is 6.33. The summed E-state index contributed by atoms with van der Waals surface area (Å²) in [5.74, 6) is -0.163. The van der Waals surface area contributed by atoms with Gasteiger partial charge in [-0.3, -0.25) is 9.59 Å². The molecule has 1 aliphatic rings. The van der Waals surface area contributed by atoms with Crippen molar-refractivity contribution in [1.82, 2.24) is 0 Å². The van der Waals surface area contributed by atoms with E-state index >= 15 is 0 Å². The molecule has 0 atom stereocenters. The van der Waals surface area contributed by atoms with Gasteiger partial charge in [-0.15, -0.1) is 0 Å². The predicted octanol–water partition coefficient (Wildman–Crippen LogP) is 4.44. The zero-order valence-corrected chi connectivity index (χ0v) is 13.7. The summed E-state index contributed by atoms with van der Waals surface area (Å²) in [7, 11) is 0. The van der Waals surface area contributed by atoms with Crippen LogP contribution >= 0.6 is 0 Å². The summed E-state index contributed by atoms with van der Waals surface area (Å²) < 4.78 is 0. The van der Waals surface area contributed by atoms with Crippen LogP contribution < -0.4 is 10.6 Å². The van der Waals surface area contributed by atoms with Crippen molar-refractivity contribution in [2.45, 2.75) is 12.8 Å². The first-order valence-corrected chi connectivity index (χ1v) is 8.41. The monoisotopic (exact) mass is 330 g/mol. The number of benzene rings is 3. The molecule has 0 unspecified atom stereocenters. The minimum absolute atomic E-state index is 0.0101. The molecule has 0 aromatic heterocycles. The Morgan fingerprint density at radius 1 is 0.800 bits per heavy atom. The third-order valence-corrected chi connectivity index (χ3v) is 4.37. The molecule has 25 heavy (non-hydrogen) atoms. The topological polar surface area (TPSA) is 58.2 Å². The van der Waals surface area contributed by atoms with Gasteiger partial charge in [0.1, 0.15) is 0 Å². The summed E-state index contributed by atoms with van der Waals surface area (Å²) in [5.41, 5.74) is 1.75. The summed E-state index contributed by atoms with van der Waals surface area (Å²) in [5, 5.41) is 7.78. The third kappa shape index (κ3) is 3.38. The Morgan fingerprint density at radius 3 is 2.12 bits per heavy atom. The highest BCUT2D eigenvalue weighted by Crippen LogP contribution is 2.32. The smallest absolute Gasteiger partial charge is 0.257 e. The van der Waals surface area contributed by atoms with E-state index in [1.165, 1.54) is 0 Å². The Kier molecular flexibility index (Phi) is 3.94. The fourth-order valence-corrected chi connectivity index (χ4v) is 2.83. The Balaban J connectivity index is 1.71. The molecule has 4 heteroatoms. The van der Waals surface area contributed by atoms with Crippen molar-refractivity contribution >= 4 is 34.0 Å². The number of carbonyl (C=O) groups is 2. The van der Waals surface area contributed by atoms with Gasteiger partial charge in [-0.2, -0.15) is 0 Å². The fraction of sp³-hybridized carbons (Fsp3) is 0.143. The quantitative estimate of drug-likeness (QED) is 0.743. The van der Waals surface area contributed by atoms with Crippen LogP contribution in [0.25, 0.3) is 10.8 Å². The predicted molar refractivity (Wildman–Crippen MR) is 99.7 cm³/mol. The number of hydrogen-bond donors (Lipinski definition) is 2. The first-order chi connectivity index (χ1) is 12.2. The number of nitrogens with one attached hydrogen (secondary N) is 2. The molecule has 0 aliphatic heterocycles. The SMILES string of the molecule is O=C(Nc1ccccc1)c1cc2ccccc2cc1NC(=O)C1CC1. The van der Waals surface area contributed by atoms with E-state index in [4.69, 9.17) is 0 Å². The van der Waals surface area contributed by atoms with Crippen LogP contribution in [0.1, 0.15) is 23.2 Å². The molecule has 1 saturated carbocycles. The minimum Gasteiger partial charge on any atom is -0.325 e. The maximum absolute atomic E-state index is 12.8. The highest BCUT2D eigenvalue weighted by atomic mass is 16.2. The van der Waals surface area contributed by atoms with Gasteiger partial charge in [0.15, 0.2) is 0 Å². The van der Waals surface area contributed by atoms with Crippen molar-refractivity contribution < 1.29 is 9.59 Å². The van der Waals surface area contributed by atoms with Gasteiger partial charge >= 0.3 is 0 Å². The summed E-state index contributed by atoms with van der Waals surface area (Å²) in [4.78, 5) is 25.0. The van der Waals surface area contributed by atoms with Gasteiger partial charge in [-0.1, -0.05) is 42.5 Å². The number of para-hydroxylation sites is 1. The molecule has 124 valence electrons. The van der Waals surface area contributed by atoms with E-state index in [1.807, 2.05) is 66.7 Å². The van der Waals surface area contributed by atoms with E-state index in [0.29, 0.717) is 11.3 Å². The number of anilines is 2. The number of hydrogen-bond acceptors (Lipinski definition) is 2. The number of amides is 2. The maximum atomic E-state index is 12.8. The lowest BCUT2D eigenvalue weighted by Gasteiger charge is -2.13. The normalized spacial score (nSPS) is 13.4. The molecule has 4 rings (SSSR count). The maximum Gasteiger partial charge on any atom is 0.257 e. The van der Waals surface area contributed by atoms with E-state index in [2.05, 4.69) is 10.6 Å². The first-order valence-electron chi connectivity index (χ1n) is 8.41. The molecule has 1 aliphatic carbocycles. The van der Waals surface area contributed by atoms with Crippen molar-refractivity contribution in [3.63, 3.8) is 0 Å². The van der Waals surface area contributed by atoms with Crippen molar-refractivity contribution in [3.8, 4) is 0 Å². The van der Waals surface area contributed by atoms with Crippen LogP contribution in [-0.4, -0.2) is 11.8 Å². The Morgan fingerprint density at radius 2 is 1.44 bits per heavy atom.